The Hall–Kier alpha value is -3.28. The van der Waals surface area contributed by atoms with E-state index in [1.165, 1.54) is 0 Å². The minimum Gasteiger partial charge on any atom is -0.497 e. The van der Waals surface area contributed by atoms with Crippen LogP contribution in [0.15, 0.2) is 54.7 Å². The summed E-state index contributed by atoms with van der Waals surface area (Å²) in [5.74, 6) is 1.31. The molecule has 0 unspecified atom stereocenters. The minimum atomic E-state index is -0.149. The van der Waals surface area contributed by atoms with Crippen molar-refractivity contribution in [3.63, 3.8) is 0 Å². The number of nitrogens with one attached hydrogen (secondary N) is 2. The van der Waals surface area contributed by atoms with Gasteiger partial charge in [-0.1, -0.05) is 36.4 Å². The van der Waals surface area contributed by atoms with Crippen molar-refractivity contribution in [1.29, 1.82) is 0 Å². The second-order valence-corrected chi connectivity index (χ2v) is 5.84. The first-order chi connectivity index (χ1) is 12.3. The number of anilines is 1. The molecule has 0 aliphatic carbocycles. The van der Waals surface area contributed by atoms with Crippen LogP contribution >= 0.6 is 0 Å². The summed E-state index contributed by atoms with van der Waals surface area (Å²) in [6, 6.07) is 15.7. The Morgan fingerprint density at radius 1 is 1.28 bits per heavy atom. The molecule has 25 heavy (non-hydrogen) atoms. The summed E-state index contributed by atoms with van der Waals surface area (Å²) in [7, 11) is 1.63. The van der Waals surface area contributed by atoms with E-state index in [2.05, 4.69) is 15.7 Å². The average Bonchev–Trinajstić information content (AvgIpc) is 3.11. The second-order valence-electron chi connectivity index (χ2n) is 5.84. The SMILES string of the molecule is COc1ccc2c(c1)-n1ncc(C(=O)NCc3ccccc3)c1NC2. The lowest BCUT2D eigenvalue weighted by atomic mass is 10.1. The van der Waals surface area contributed by atoms with Gasteiger partial charge in [0.25, 0.3) is 5.91 Å². The fourth-order valence-electron chi connectivity index (χ4n) is 2.94. The molecule has 6 heteroatoms. The monoisotopic (exact) mass is 334 g/mol. The van der Waals surface area contributed by atoms with Crippen molar-refractivity contribution < 1.29 is 9.53 Å². The fourth-order valence-corrected chi connectivity index (χ4v) is 2.94. The summed E-state index contributed by atoms with van der Waals surface area (Å²) in [4.78, 5) is 12.6. The Morgan fingerprint density at radius 2 is 2.12 bits per heavy atom. The zero-order valence-electron chi connectivity index (χ0n) is 13.8. The number of amides is 1. The molecule has 2 N–H and O–H groups in total. The Morgan fingerprint density at radius 3 is 2.92 bits per heavy atom. The van der Waals surface area contributed by atoms with Gasteiger partial charge >= 0.3 is 0 Å². The topological polar surface area (TPSA) is 68.2 Å². The number of ether oxygens (including phenoxy) is 1. The van der Waals surface area contributed by atoms with Gasteiger partial charge in [-0.15, -0.1) is 0 Å². The maximum absolute atomic E-state index is 12.6. The van der Waals surface area contributed by atoms with E-state index >= 15 is 0 Å². The molecule has 0 bridgehead atoms. The molecule has 1 aliphatic rings. The molecule has 2 aromatic carbocycles. The highest BCUT2D eigenvalue weighted by Gasteiger charge is 2.23. The van der Waals surface area contributed by atoms with Gasteiger partial charge in [0, 0.05) is 19.2 Å². The maximum Gasteiger partial charge on any atom is 0.256 e. The van der Waals surface area contributed by atoms with Crippen LogP contribution in [0.2, 0.25) is 0 Å². The Kier molecular flexibility index (Phi) is 3.85. The molecule has 4 rings (SSSR count). The number of carbonyl (C=O) groups is 1. The van der Waals surface area contributed by atoms with Crippen LogP contribution in [0.3, 0.4) is 0 Å². The van der Waals surface area contributed by atoms with E-state index in [4.69, 9.17) is 4.74 Å². The van der Waals surface area contributed by atoms with Crippen molar-refractivity contribution in [2.24, 2.45) is 0 Å². The predicted molar refractivity (Wildman–Crippen MR) is 95.1 cm³/mol. The van der Waals surface area contributed by atoms with Gasteiger partial charge in [-0.05, 0) is 17.2 Å². The number of aromatic nitrogens is 2. The quantitative estimate of drug-likeness (QED) is 0.770. The van der Waals surface area contributed by atoms with E-state index in [9.17, 15) is 4.79 Å². The molecule has 0 saturated heterocycles. The van der Waals surface area contributed by atoms with Crippen LogP contribution in [0, 0.1) is 0 Å². The number of nitrogens with zero attached hydrogens (tertiary/aromatic N) is 2. The van der Waals surface area contributed by atoms with Gasteiger partial charge in [-0.25, -0.2) is 4.68 Å². The normalized spacial score (nSPS) is 11.9. The molecule has 6 nitrogen and oxygen atoms in total. The number of hydrogen-bond donors (Lipinski definition) is 2. The first-order valence-electron chi connectivity index (χ1n) is 8.07. The second kappa shape index (κ2) is 6.32. The van der Waals surface area contributed by atoms with Crippen LogP contribution in [-0.4, -0.2) is 22.8 Å². The van der Waals surface area contributed by atoms with Gasteiger partial charge in [0.1, 0.15) is 17.1 Å². The third-order valence-corrected chi connectivity index (χ3v) is 4.28. The number of carbonyl (C=O) groups excluding carboxylic acids is 1. The molecule has 1 aromatic heterocycles. The lowest BCUT2D eigenvalue weighted by molar-refractivity contribution is 0.0951. The predicted octanol–water partition coefficient (Wildman–Crippen LogP) is 2.74. The number of methoxy groups -OCH3 is 1. The van der Waals surface area contributed by atoms with E-state index in [0.29, 0.717) is 24.5 Å². The van der Waals surface area contributed by atoms with Crippen molar-refractivity contribution >= 4 is 11.7 Å². The molecule has 0 saturated carbocycles. The van der Waals surface area contributed by atoms with Gasteiger partial charge in [0.2, 0.25) is 0 Å². The number of rotatable bonds is 4. The molecule has 1 aliphatic heterocycles. The van der Waals surface area contributed by atoms with Crippen LogP contribution in [-0.2, 0) is 13.1 Å². The van der Waals surface area contributed by atoms with Crippen molar-refractivity contribution in [2.75, 3.05) is 12.4 Å². The number of fused-ring (bicyclic) bond motifs is 3. The first-order valence-corrected chi connectivity index (χ1v) is 8.07. The van der Waals surface area contributed by atoms with Gasteiger partial charge < -0.3 is 15.4 Å². The first kappa shape index (κ1) is 15.3. The highest BCUT2D eigenvalue weighted by Crippen LogP contribution is 2.30. The van der Waals surface area contributed by atoms with E-state index in [-0.39, 0.29) is 5.91 Å². The van der Waals surface area contributed by atoms with E-state index in [0.717, 1.165) is 22.6 Å². The van der Waals surface area contributed by atoms with Gasteiger partial charge in [0.15, 0.2) is 0 Å². The molecule has 2 heterocycles. The molecular weight excluding hydrogens is 316 g/mol. The lowest BCUT2D eigenvalue weighted by Gasteiger charge is -2.21. The third-order valence-electron chi connectivity index (χ3n) is 4.28. The lowest BCUT2D eigenvalue weighted by Crippen LogP contribution is -2.24. The van der Waals surface area contributed by atoms with Crippen LogP contribution in [0.1, 0.15) is 21.5 Å². The maximum atomic E-state index is 12.6. The highest BCUT2D eigenvalue weighted by atomic mass is 16.5. The molecule has 0 fully saturated rings. The van der Waals surface area contributed by atoms with Gasteiger partial charge in [-0.3, -0.25) is 4.79 Å². The third kappa shape index (κ3) is 2.82. The molecule has 0 radical (unpaired) electrons. The molecule has 1 amide bonds. The Bertz CT molecular complexity index is 918. The molecule has 0 spiro atoms. The van der Waals surface area contributed by atoms with Crippen molar-refractivity contribution in [1.82, 2.24) is 15.1 Å². The summed E-state index contributed by atoms with van der Waals surface area (Å²) < 4.78 is 7.05. The van der Waals surface area contributed by atoms with Crippen LogP contribution < -0.4 is 15.4 Å². The van der Waals surface area contributed by atoms with Crippen LogP contribution in [0.25, 0.3) is 5.69 Å². The molecule has 3 aromatic rings. The molecular formula is C19H18N4O2. The van der Waals surface area contributed by atoms with Gasteiger partial charge in [0.05, 0.1) is 19.0 Å². The zero-order valence-corrected chi connectivity index (χ0v) is 13.8. The number of benzene rings is 2. The molecule has 126 valence electrons. The van der Waals surface area contributed by atoms with E-state index < -0.39 is 0 Å². The summed E-state index contributed by atoms with van der Waals surface area (Å²) >= 11 is 0. The van der Waals surface area contributed by atoms with Crippen molar-refractivity contribution in [3.05, 3.63) is 71.4 Å². The average molecular weight is 334 g/mol. The van der Waals surface area contributed by atoms with Gasteiger partial charge in [-0.2, -0.15) is 5.10 Å². The van der Waals surface area contributed by atoms with Crippen molar-refractivity contribution in [2.45, 2.75) is 13.1 Å². The summed E-state index contributed by atoms with van der Waals surface area (Å²) in [5, 5.41) is 10.6. The number of hydrogen-bond acceptors (Lipinski definition) is 4. The van der Waals surface area contributed by atoms with E-state index in [1.807, 2.05) is 48.5 Å². The van der Waals surface area contributed by atoms with E-state index in [1.54, 1.807) is 18.0 Å². The zero-order chi connectivity index (χ0) is 17.2. The Labute approximate surface area is 145 Å². The Balaban J connectivity index is 1.59. The smallest absolute Gasteiger partial charge is 0.256 e. The van der Waals surface area contributed by atoms with Crippen LogP contribution in [0.5, 0.6) is 5.75 Å². The summed E-state index contributed by atoms with van der Waals surface area (Å²) in [6.07, 6.45) is 1.59. The highest BCUT2D eigenvalue weighted by molar-refractivity contribution is 5.99. The molecule has 0 atom stereocenters. The fraction of sp³-hybridized carbons (Fsp3) is 0.158. The summed E-state index contributed by atoms with van der Waals surface area (Å²) in [5.41, 5.74) is 3.62. The largest absolute Gasteiger partial charge is 0.497 e. The minimum absolute atomic E-state index is 0.149. The van der Waals surface area contributed by atoms with Crippen LogP contribution in [0.4, 0.5) is 5.82 Å². The summed E-state index contributed by atoms with van der Waals surface area (Å²) in [6.45, 7) is 1.12. The standard InChI is InChI=1S/C19H18N4O2/c1-25-15-8-7-14-11-20-18-16(12-22-23(18)17(14)9-15)19(24)21-10-13-5-3-2-4-6-13/h2-9,12,20H,10-11H2,1H3,(H,21,24). The van der Waals surface area contributed by atoms with Crippen molar-refractivity contribution in [3.8, 4) is 11.4 Å².